The van der Waals surface area contributed by atoms with Crippen LogP contribution in [0.15, 0.2) is 36.3 Å². The van der Waals surface area contributed by atoms with Crippen LogP contribution in [0.1, 0.15) is 5.56 Å². The summed E-state index contributed by atoms with van der Waals surface area (Å²) in [7, 11) is 0. The Kier molecular flexibility index (Phi) is 3.45. The molecule has 1 aromatic carbocycles. The molecule has 5 heteroatoms. The highest BCUT2D eigenvalue weighted by molar-refractivity contribution is 6.66. The molecule has 1 rings (SSSR count). The van der Waals surface area contributed by atoms with Gasteiger partial charge in [0.2, 0.25) is 0 Å². The number of hydrogen-bond acceptors (Lipinski definition) is 1. The van der Waals surface area contributed by atoms with Crippen molar-refractivity contribution in [2.75, 3.05) is 6.61 Å². The first kappa shape index (κ1) is 11.7. The maximum absolute atomic E-state index is 12.1. The van der Waals surface area contributed by atoms with E-state index >= 15 is 0 Å². The van der Waals surface area contributed by atoms with Gasteiger partial charge in [-0.1, -0.05) is 17.7 Å². The Morgan fingerprint density at radius 1 is 1.27 bits per heavy atom. The van der Waals surface area contributed by atoms with Crippen molar-refractivity contribution in [2.45, 2.75) is 6.92 Å². The van der Waals surface area contributed by atoms with Crippen molar-refractivity contribution in [3.8, 4) is 5.75 Å². The van der Waals surface area contributed by atoms with E-state index in [0.29, 0.717) is 5.75 Å². The minimum atomic E-state index is -5.00. The molecule has 0 heterocycles. The van der Waals surface area contributed by atoms with Gasteiger partial charge in [-0.15, -0.1) is 12.1 Å². The highest BCUT2D eigenvalue weighted by Crippen LogP contribution is 2.19. The fourth-order valence-electron chi connectivity index (χ4n) is 0.905. The summed E-state index contributed by atoms with van der Waals surface area (Å²) in [5.74, 6) is 0.418. The summed E-state index contributed by atoms with van der Waals surface area (Å²) in [6, 6.07) is 6.81. The minimum absolute atomic E-state index is 0.418. The summed E-state index contributed by atoms with van der Waals surface area (Å²) < 4.78 is 41.2. The van der Waals surface area contributed by atoms with Crippen LogP contribution in [0.2, 0.25) is 0 Å². The van der Waals surface area contributed by atoms with Gasteiger partial charge in [-0.25, -0.2) is 0 Å². The number of ether oxygens (including phenoxy) is 1. The molecule has 0 unspecified atom stereocenters. The van der Waals surface area contributed by atoms with E-state index in [9.17, 15) is 12.9 Å². The fraction of sp³-hybridized carbons (Fsp3) is 0.200. The molecule has 0 fully saturated rings. The lowest BCUT2D eigenvalue weighted by atomic mass is 9.81. The fourth-order valence-corrected chi connectivity index (χ4v) is 0.905. The van der Waals surface area contributed by atoms with Crippen LogP contribution >= 0.6 is 0 Å². The number of aryl methyl sites for hydroxylation is 1. The predicted molar refractivity (Wildman–Crippen MR) is 54.9 cm³/mol. The zero-order chi connectivity index (χ0) is 11.5. The Balaban J connectivity index is 2.51. The molecule has 0 aliphatic carbocycles. The number of halogens is 3. The van der Waals surface area contributed by atoms with E-state index in [4.69, 9.17) is 4.74 Å². The van der Waals surface area contributed by atoms with Crippen LogP contribution in [-0.4, -0.2) is 13.6 Å². The van der Waals surface area contributed by atoms with E-state index in [0.717, 1.165) is 5.56 Å². The first-order valence-electron chi connectivity index (χ1n) is 4.46. The average molecular weight is 215 g/mol. The molecule has 15 heavy (non-hydrogen) atoms. The third kappa shape index (κ3) is 3.69. The van der Waals surface area contributed by atoms with E-state index in [1.807, 2.05) is 6.92 Å². The lowest BCUT2D eigenvalue weighted by molar-refractivity contribution is 0.346. The van der Waals surface area contributed by atoms with Crippen molar-refractivity contribution in [3.63, 3.8) is 0 Å². The molecule has 0 atom stereocenters. The second-order valence-electron chi connectivity index (χ2n) is 3.33. The van der Waals surface area contributed by atoms with Gasteiger partial charge in [0.1, 0.15) is 5.75 Å². The molecule has 0 aliphatic heterocycles. The summed E-state index contributed by atoms with van der Waals surface area (Å²) in [4.78, 5) is 0. The van der Waals surface area contributed by atoms with Gasteiger partial charge in [0.15, 0.2) is 0 Å². The van der Waals surface area contributed by atoms with E-state index < -0.39 is 19.1 Å². The van der Waals surface area contributed by atoms with Crippen molar-refractivity contribution in [1.29, 1.82) is 0 Å². The monoisotopic (exact) mass is 215 g/mol. The third-order valence-corrected chi connectivity index (χ3v) is 1.91. The Morgan fingerprint density at radius 2 is 1.80 bits per heavy atom. The maximum Gasteiger partial charge on any atom is 0.508 e. The molecular formula is C10H11BF3O-. The van der Waals surface area contributed by atoms with Crippen molar-refractivity contribution in [3.05, 3.63) is 41.9 Å². The van der Waals surface area contributed by atoms with Gasteiger partial charge < -0.3 is 17.7 Å². The largest absolute Gasteiger partial charge is 0.508 e. The lowest BCUT2D eigenvalue weighted by Gasteiger charge is -2.18. The molecule has 0 bridgehead atoms. The van der Waals surface area contributed by atoms with Crippen LogP contribution in [0.25, 0.3) is 0 Å². The first-order chi connectivity index (χ1) is 6.89. The lowest BCUT2D eigenvalue weighted by Crippen LogP contribution is -2.23. The predicted octanol–water partition coefficient (Wildman–Crippen LogP) is 3.32. The topological polar surface area (TPSA) is 9.23 Å². The molecule has 82 valence electrons. The second kappa shape index (κ2) is 4.42. The van der Waals surface area contributed by atoms with E-state index in [-0.39, 0.29) is 0 Å². The Hall–Kier alpha value is -1.39. The van der Waals surface area contributed by atoms with Gasteiger partial charge in [-0.3, -0.25) is 0 Å². The average Bonchev–Trinajstić information content (AvgIpc) is 2.15. The van der Waals surface area contributed by atoms with Crippen LogP contribution in [0.3, 0.4) is 0 Å². The van der Waals surface area contributed by atoms with Crippen molar-refractivity contribution in [2.24, 2.45) is 0 Å². The Morgan fingerprint density at radius 3 is 2.27 bits per heavy atom. The van der Waals surface area contributed by atoms with Gasteiger partial charge in [0.05, 0.1) is 6.61 Å². The van der Waals surface area contributed by atoms with E-state index in [2.05, 4.69) is 6.58 Å². The minimum Gasteiger partial charge on any atom is -0.492 e. The summed E-state index contributed by atoms with van der Waals surface area (Å²) in [6.45, 7) is -0.677. The van der Waals surface area contributed by atoms with Gasteiger partial charge in [0.25, 0.3) is 0 Å². The van der Waals surface area contributed by atoms with Crippen molar-refractivity contribution < 1.29 is 17.7 Å². The van der Waals surface area contributed by atoms with Gasteiger partial charge >= 0.3 is 6.98 Å². The van der Waals surface area contributed by atoms with Crippen molar-refractivity contribution in [1.82, 2.24) is 0 Å². The van der Waals surface area contributed by atoms with Crippen LogP contribution in [0, 0.1) is 6.92 Å². The highest BCUT2D eigenvalue weighted by atomic mass is 19.4. The summed E-state index contributed by atoms with van der Waals surface area (Å²) in [6.07, 6.45) is 0. The molecule has 0 amide bonds. The molecule has 0 radical (unpaired) electrons. The van der Waals surface area contributed by atoms with Crippen LogP contribution in [0.5, 0.6) is 5.75 Å². The number of benzene rings is 1. The molecular weight excluding hydrogens is 204 g/mol. The summed E-state index contributed by atoms with van der Waals surface area (Å²) >= 11 is 0. The summed E-state index contributed by atoms with van der Waals surface area (Å²) in [5.41, 5.74) is 0.205. The Labute approximate surface area is 86.6 Å². The van der Waals surface area contributed by atoms with Crippen LogP contribution in [-0.2, 0) is 0 Å². The van der Waals surface area contributed by atoms with Gasteiger partial charge in [-0.05, 0) is 19.1 Å². The molecule has 0 saturated carbocycles. The summed E-state index contributed by atoms with van der Waals surface area (Å²) in [5, 5.41) is 0. The zero-order valence-corrected chi connectivity index (χ0v) is 8.34. The third-order valence-electron chi connectivity index (χ3n) is 1.91. The normalized spacial score (nSPS) is 11.2. The smallest absolute Gasteiger partial charge is 0.492 e. The molecule has 0 saturated heterocycles. The molecule has 1 aromatic rings. The molecule has 0 N–H and O–H groups in total. The van der Waals surface area contributed by atoms with Gasteiger partial charge in [-0.2, -0.15) is 0 Å². The Bertz CT molecular complexity index is 343. The van der Waals surface area contributed by atoms with Gasteiger partial charge in [0, 0.05) is 0 Å². The van der Waals surface area contributed by atoms with Crippen LogP contribution < -0.4 is 4.74 Å². The van der Waals surface area contributed by atoms with E-state index in [1.54, 1.807) is 24.3 Å². The highest BCUT2D eigenvalue weighted by Gasteiger charge is 2.26. The molecule has 0 aromatic heterocycles. The first-order valence-corrected chi connectivity index (χ1v) is 4.46. The molecule has 0 aliphatic rings. The number of rotatable bonds is 4. The zero-order valence-electron chi connectivity index (χ0n) is 8.34. The SMILES string of the molecule is C=C(COc1ccc(C)cc1)[B-](F)(F)F. The maximum atomic E-state index is 12.1. The van der Waals surface area contributed by atoms with Crippen molar-refractivity contribution >= 4 is 6.98 Å². The van der Waals surface area contributed by atoms with Crippen LogP contribution in [0.4, 0.5) is 12.9 Å². The number of hydrogen-bond donors (Lipinski definition) is 0. The quantitative estimate of drug-likeness (QED) is 0.700. The standard InChI is InChI=1S/C10H11BF3O/c1-8-3-5-10(6-4-8)15-7-9(2)11(12,13)14/h3-6H,2,7H2,1H3/q-1. The van der Waals surface area contributed by atoms with E-state index in [1.165, 1.54) is 0 Å². The molecule has 0 spiro atoms. The second-order valence-corrected chi connectivity index (χ2v) is 3.33. The molecule has 1 nitrogen and oxygen atoms in total.